The number of hydrogen-bond donors (Lipinski definition) is 0. The van der Waals surface area contributed by atoms with Gasteiger partial charge in [0.15, 0.2) is 0 Å². The fraction of sp³-hybridized carbons (Fsp3) is 0.200. The van der Waals surface area contributed by atoms with E-state index in [9.17, 15) is 8.78 Å². The molecule has 0 aliphatic carbocycles. The average molecular weight is 232 g/mol. The van der Waals surface area contributed by atoms with E-state index in [0.717, 1.165) is 11.1 Å². The second-order valence-corrected chi connectivity index (χ2v) is 4.64. The molecule has 0 fully saturated rings. The summed E-state index contributed by atoms with van der Waals surface area (Å²) in [7, 11) is 0. The standard InChI is InChI=1S/C15H14F2/c1-15(2,11-3-7-13(16)8-4-11)12-5-9-14(17)10-6-12/h3-10H,1-2H3. The first-order valence-electron chi connectivity index (χ1n) is 5.52. The largest absolute Gasteiger partial charge is 0.207 e. The topological polar surface area (TPSA) is 0 Å². The molecule has 0 radical (unpaired) electrons. The van der Waals surface area contributed by atoms with Crippen LogP contribution < -0.4 is 0 Å². The van der Waals surface area contributed by atoms with Gasteiger partial charge in [0.1, 0.15) is 11.6 Å². The normalized spacial score (nSPS) is 11.5. The number of benzene rings is 2. The molecule has 0 N–H and O–H groups in total. The molecular weight excluding hydrogens is 218 g/mol. The van der Waals surface area contributed by atoms with Crippen molar-refractivity contribution in [2.45, 2.75) is 19.3 Å². The molecule has 2 rings (SSSR count). The van der Waals surface area contributed by atoms with Gasteiger partial charge in [-0.2, -0.15) is 0 Å². The zero-order chi connectivity index (χ0) is 12.5. The van der Waals surface area contributed by atoms with Gasteiger partial charge >= 0.3 is 0 Å². The molecule has 2 aromatic rings. The number of hydrogen-bond acceptors (Lipinski definition) is 0. The maximum atomic E-state index is 12.9. The van der Waals surface area contributed by atoms with Gasteiger partial charge in [-0.05, 0) is 35.4 Å². The Morgan fingerprint density at radius 1 is 0.647 bits per heavy atom. The van der Waals surface area contributed by atoms with E-state index in [1.807, 2.05) is 13.8 Å². The van der Waals surface area contributed by atoms with Crippen molar-refractivity contribution < 1.29 is 8.78 Å². The van der Waals surface area contributed by atoms with Crippen molar-refractivity contribution in [3.8, 4) is 0 Å². The molecule has 0 aliphatic rings. The lowest BCUT2D eigenvalue weighted by Gasteiger charge is -2.26. The molecular formula is C15H14F2. The van der Waals surface area contributed by atoms with Crippen molar-refractivity contribution >= 4 is 0 Å². The van der Waals surface area contributed by atoms with Crippen LogP contribution >= 0.6 is 0 Å². The molecule has 2 heteroatoms. The minimum absolute atomic E-state index is 0.247. The van der Waals surface area contributed by atoms with Crippen LogP contribution in [0.15, 0.2) is 48.5 Å². The quantitative estimate of drug-likeness (QED) is 0.724. The minimum Gasteiger partial charge on any atom is -0.207 e. The Bertz CT molecular complexity index is 448. The van der Waals surface area contributed by atoms with Crippen molar-refractivity contribution in [1.82, 2.24) is 0 Å². The van der Waals surface area contributed by atoms with Gasteiger partial charge in [-0.15, -0.1) is 0 Å². The first kappa shape index (κ1) is 11.8. The summed E-state index contributed by atoms with van der Waals surface area (Å²) in [6, 6.07) is 12.8. The van der Waals surface area contributed by atoms with Crippen LogP contribution in [0.25, 0.3) is 0 Å². The van der Waals surface area contributed by atoms with Crippen molar-refractivity contribution in [3.05, 3.63) is 71.3 Å². The van der Waals surface area contributed by atoms with Crippen molar-refractivity contribution in [2.24, 2.45) is 0 Å². The van der Waals surface area contributed by atoms with Crippen molar-refractivity contribution in [3.63, 3.8) is 0 Å². The Morgan fingerprint density at radius 2 is 0.941 bits per heavy atom. The highest BCUT2D eigenvalue weighted by Gasteiger charge is 2.22. The highest BCUT2D eigenvalue weighted by molar-refractivity contribution is 5.37. The van der Waals surface area contributed by atoms with Crippen LogP contribution in [0.4, 0.5) is 8.78 Å². The summed E-state index contributed by atoms with van der Waals surface area (Å²) in [4.78, 5) is 0. The molecule has 0 nitrogen and oxygen atoms in total. The van der Waals surface area contributed by atoms with Crippen LogP contribution in [-0.4, -0.2) is 0 Å². The number of rotatable bonds is 2. The molecule has 0 spiro atoms. The van der Waals surface area contributed by atoms with E-state index in [1.165, 1.54) is 24.3 Å². The van der Waals surface area contributed by atoms with E-state index in [2.05, 4.69) is 0 Å². The molecule has 0 aliphatic heterocycles. The fourth-order valence-corrected chi connectivity index (χ4v) is 1.90. The summed E-state index contributed by atoms with van der Waals surface area (Å²) < 4.78 is 25.8. The van der Waals surface area contributed by atoms with Gasteiger partial charge in [-0.25, -0.2) is 8.78 Å². The van der Waals surface area contributed by atoms with E-state index in [1.54, 1.807) is 24.3 Å². The lowest BCUT2D eigenvalue weighted by atomic mass is 9.78. The molecule has 88 valence electrons. The second kappa shape index (κ2) is 4.28. The Balaban J connectivity index is 2.41. The lowest BCUT2D eigenvalue weighted by molar-refractivity contribution is 0.606. The van der Waals surface area contributed by atoms with Crippen LogP contribution in [0.3, 0.4) is 0 Å². The number of halogens is 2. The van der Waals surface area contributed by atoms with Gasteiger partial charge in [-0.3, -0.25) is 0 Å². The molecule has 0 bridgehead atoms. The highest BCUT2D eigenvalue weighted by Crippen LogP contribution is 2.31. The van der Waals surface area contributed by atoms with Gasteiger partial charge in [0.25, 0.3) is 0 Å². The SMILES string of the molecule is CC(C)(c1ccc(F)cc1)c1ccc(F)cc1. The molecule has 0 saturated carbocycles. The van der Waals surface area contributed by atoms with E-state index in [-0.39, 0.29) is 17.0 Å². The predicted molar refractivity (Wildman–Crippen MR) is 64.9 cm³/mol. The Morgan fingerprint density at radius 3 is 1.24 bits per heavy atom. The lowest BCUT2D eigenvalue weighted by Crippen LogP contribution is -2.18. The van der Waals surface area contributed by atoms with Crippen LogP contribution in [0.2, 0.25) is 0 Å². The van der Waals surface area contributed by atoms with Gasteiger partial charge in [0.05, 0.1) is 0 Å². The summed E-state index contributed by atoms with van der Waals surface area (Å²) in [5.74, 6) is -0.493. The summed E-state index contributed by atoms with van der Waals surface area (Å²) >= 11 is 0. The molecule has 0 unspecified atom stereocenters. The third-order valence-corrected chi connectivity index (χ3v) is 3.13. The predicted octanol–water partition coefficient (Wildman–Crippen LogP) is 4.29. The van der Waals surface area contributed by atoms with Gasteiger partial charge in [0.2, 0.25) is 0 Å². The molecule has 0 heterocycles. The van der Waals surface area contributed by atoms with Crippen LogP contribution in [0.1, 0.15) is 25.0 Å². The first-order chi connectivity index (χ1) is 8.00. The van der Waals surface area contributed by atoms with E-state index in [0.29, 0.717) is 0 Å². The van der Waals surface area contributed by atoms with Crippen molar-refractivity contribution in [2.75, 3.05) is 0 Å². The highest BCUT2D eigenvalue weighted by atomic mass is 19.1. The Labute approximate surface area is 99.9 Å². The van der Waals surface area contributed by atoms with Gasteiger partial charge in [-0.1, -0.05) is 38.1 Å². The fourth-order valence-electron chi connectivity index (χ4n) is 1.90. The zero-order valence-electron chi connectivity index (χ0n) is 9.87. The van der Waals surface area contributed by atoms with Gasteiger partial charge in [0, 0.05) is 5.41 Å². The summed E-state index contributed by atoms with van der Waals surface area (Å²) in [6.45, 7) is 4.07. The summed E-state index contributed by atoms with van der Waals surface area (Å²) in [6.07, 6.45) is 0. The minimum atomic E-state index is -0.262. The zero-order valence-corrected chi connectivity index (χ0v) is 9.87. The first-order valence-corrected chi connectivity index (χ1v) is 5.52. The van der Waals surface area contributed by atoms with E-state index >= 15 is 0 Å². The smallest absolute Gasteiger partial charge is 0.123 e. The van der Waals surface area contributed by atoms with Crippen LogP contribution in [0.5, 0.6) is 0 Å². The van der Waals surface area contributed by atoms with E-state index < -0.39 is 0 Å². The third-order valence-electron chi connectivity index (χ3n) is 3.13. The molecule has 2 aromatic carbocycles. The molecule has 17 heavy (non-hydrogen) atoms. The van der Waals surface area contributed by atoms with Crippen LogP contribution in [0, 0.1) is 11.6 Å². The van der Waals surface area contributed by atoms with E-state index in [4.69, 9.17) is 0 Å². The maximum absolute atomic E-state index is 12.9. The molecule has 0 saturated heterocycles. The second-order valence-electron chi connectivity index (χ2n) is 4.64. The molecule has 0 amide bonds. The molecule has 0 aromatic heterocycles. The third kappa shape index (κ3) is 2.36. The van der Waals surface area contributed by atoms with Crippen molar-refractivity contribution in [1.29, 1.82) is 0 Å². The molecule has 0 atom stereocenters. The van der Waals surface area contributed by atoms with Gasteiger partial charge < -0.3 is 0 Å². The summed E-state index contributed by atoms with van der Waals surface area (Å²) in [5, 5.41) is 0. The monoisotopic (exact) mass is 232 g/mol. The maximum Gasteiger partial charge on any atom is 0.123 e. The average Bonchev–Trinajstić information content (AvgIpc) is 2.30. The Kier molecular flexibility index (Phi) is 2.97. The van der Waals surface area contributed by atoms with Crippen LogP contribution in [-0.2, 0) is 5.41 Å². The summed E-state index contributed by atoms with van der Waals surface area (Å²) in [5.41, 5.74) is 1.75. The Hall–Kier alpha value is -1.70.